The number of benzene rings is 1. The van der Waals surface area contributed by atoms with Crippen LogP contribution in [0.15, 0.2) is 24.3 Å². The van der Waals surface area contributed by atoms with Crippen molar-refractivity contribution >= 4 is 23.2 Å². The van der Waals surface area contributed by atoms with Gasteiger partial charge in [-0.1, -0.05) is 38.4 Å². The average molecular weight is 295 g/mol. The van der Waals surface area contributed by atoms with Crippen LogP contribution >= 0.6 is 11.6 Å². The van der Waals surface area contributed by atoms with Gasteiger partial charge in [-0.15, -0.1) is 0 Å². The highest BCUT2D eigenvalue weighted by atomic mass is 35.5. The summed E-state index contributed by atoms with van der Waals surface area (Å²) in [7, 11) is 0. The third-order valence-electron chi connectivity index (χ3n) is 4.20. The molecule has 3 nitrogen and oxygen atoms in total. The molecular weight excluding hydrogens is 272 g/mol. The molecule has 2 rings (SSSR count). The maximum atomic E-state index is 12.4. The molecule has 0 unspecified atom stereocenters. The Hall–Kier alpha value is -1.22. The second kappa shape index (κ2) is 6.04. The van der Waals surface area contributed by atoms with Crippen LogP contribution in [-0.2, 0) is 4.79 Å². The molecule has 1 heterocycles. The first-order chi connectivity index (χ1) is 9.44. The van der Waals surface area contributed by atoms with Crippen LogP contribution in [0.25, 0.3) is 0 Å². The quantitative estimate of drug-likeness (QED) is 0.853. The summed E-state index contributed by atoms with van der Waals surface area (Å²) in [5.74, 6) is 0.269. The van der Waals surface area contributed by atoms with Crippen LogP contribution in [0.5, 0.6) is 0 Å². The van der Waals surface area contributed by atoms with Gasteiger partial charge in [-0.2, -0.15) is 0 Å². The SMILES string of the molecule is CCC(C)(C)C(=O)N1CCN(c2cccc(Cl)c2)CC1. The molecule has 0 atom stereocenters. The van der Waals surface area contributed by atoms with Gasteiger partial charge in [0.05, 0.1) is 0 Å². The molecule has 1 aromatic carbocycles. The first-order valence-electron chi connectivity index (χ1n) is 7.24. The Morgan fingerprint density at radius 2 is 1.90 bits per heavy atom. The zero-order valence-corrected chi connectivity index (χ0v) is 13.3. The van der Waals surface area contributed by atoms with Gasteiger partial charge in [-0.3, -0.25) is 4.79 Å². The predicted octanol–water partition coefficient (Wildman–Crippen LogP) is 3.42. The lowest BCUT2D eigenvalue weighted by Crippen LogP contribution is -2.52. The molecule has 0 N–H and O–H groups in total. The van der Waals surface area contributed by atoms with Crippen molar-refractivity contribution in [3.05, 3.63) is 29.3 Å². The lowest BCUT2D eigenvalue weighted by Gasteiger charge is -2.39. The molecule has 20 heavy (non-hydrogen) atoms. The molecule has 0 spiro atoms. The average Bonchev–Trinajstić information content (AvgIpc) is 2.46. The number of hydrogen-bond acceptors (Lipinski definition) is 2. The van der Waals surface area contributed by atoms with Gasteiger partial charge in [-0.05, 0) is 24.6 Å². The summed E-state index contributed by atoms with van der Waals surface area (Å²) >= 11 is 6.03. The molecular formula is C16H23ClN2O. The number of halogens is 1. The molecule has 0 bridgehead atoms. The van der Waals surface area contributed by atoms with Gasteiger partial charge in [0, 0.05) is 42.3 Å². The first-order valence-corrected chi connectivity index (χ1v) is 7.62. The minimum Gasteiger partial charge on any atom is -0.368 e. The van der Waals surface area contributed by atoms with E-state index in [1.807, 2.05) is 36.9 Å². The highest BCUT2D eigenvalue weighted by molar-refractivity contribution is 6.30. The fourth-order valence-electron chi connectivity index (χ4n) is 2.42. The van der Waals surface area contributed by atoms with E-state index in [0.717, 1.165) is 43.3 Å². The molecule has 0 radical (unpaired) electrons. The van der Waals surface area contributed by atoms with Crippen molar-refractivity contribution in [3.63, 3.8) is 0 Å². The fourth-order valence-corrected chi connectivity index (χ4v) is 2.60. The molecule has 1 fully saturated rings. The molecule has 0 saturated carbocycles. The van der Waals surface area contributed by atoms with Crippen LogP contribution in [0.4, 0.5) is 5.69 Å². The van der Waals surface area contributed by atoms with Crippen LogP contribution in [0.1, 0.15) is 27.2 Å². The van der Waals surface area contributed by atoms with Crippen LogP contribution in [0, 0.1) is 5.41 Å². The largest absolute Gasteiger partial charge is 0.368 e. The number of rotatable bonds is 3. The minimum atomic E-state index is -0.252. The molecule has 0 aliphatic carbocycles. The Bertz CT molecular complexity index is 479. The molecule has 1 amide bonds. The summed E-state index contributed by atoms with van der Waals surface area (Å²) < 4.78 is 0. The predicted molar refractivity (Wildman–Crippen MR) is 84.3 cm³/mol. The summed E-state index contributed by atoms with van der Waals surface area (Å²) in [6.45, 7) is 9.43. The molecule has 1 aromatic rings. The van der Waals surface area contributed by atoms with Crippen LogP contribution in [-0.4, -0.2) is 37.0 Å². The van der Waals surface area contributed by atoms with Crippen molar-refractivity contribution in [3.8, 4) is 0 Å². The third kappa shape index (κ3) is 3.26. The Morgan fingerprint density at radius 1 is 1.25 bits per heavy atom. The van der Waals surface area contributed by atoms with Crippen LogP contribution < -0.4 is 4.90 Å². The third-order valence-corrected chi connectivity index (χ3v) is 4.44. The van der Waals surface area contributed by atoms with E-state index in [4.69, 9.17) is 11.6 Å². The van der Waals surface area contributed by atoms with Crippen molar-refractivity contribution < 1.29 is 4.79 Å². The Balaban J connectivity index is 1.98. The maximum absolute atomic E-state index is 12.4. The second-order valence-corrected chi connectivity index (χ2v) is 6.43. The van der Waals surface area contributed by atoms with E-state index >= 15 is 0 Å². The van der Waals surface area contributed by atoms with E-state index in [0.29, 0.717) is 0 Å². The van der Waals surface area contributed by atoms with E-state index in [1.165, 1.54) is 0 Å². The van der Waals surface area contributed by atoms with Crippen molar-refractivity contribution in [2.24, 2.45) is 5.41 Å². The van der Waals surface area contributed by atoms with Gasteiger partial charge in [0.25, 0.3) is 0 Å². The van der Waals surface area contributed by atoms with Crippen LogP contribution in [0.2, 0.25) is 5.02 Å². The van der Waals surface area contributed by atoms with Gasteiger partial charge in [0.2, 0.25) is 5.91 Å². The Morgan fingerprint density at radius 3 is 2.45 bits per heavy atom. The number of carbonyl (C=O) groups is 1. The maximum Gasteiger partial charge on any atom is 0.228 e. The highest BCUT2D eigenvalue weighted by Gasteiger charge is 2.32. The summed E-state index contributed by atoms with van der Waals surface area (Å²) in [4.78, 5) is 16.7. The molecule has 0 aromatic heterocycles. The smallest absolute Gasteiger partial charge is 0.228 e. The van der Waals surface area contributed by atoms with Gasteiger partial charge in [0.15, 0.2) is 0 Å². The zero-order chi connectivity index (χ0) is 14.8. The summed E-state index contributed by atoms with van der Waals surface area (Å²) in [5, 5.41) is 0.758. The zero-order valence-electron chi connectivity index (χ0n) is 12.5. The van der Waals surface area contributed by atoms with Gasteiger partial charge < -0.3 is 9.80 Å². The topological polar surface area (TPSA) is 23.6 Å². The second-order valence-electron chi connectivity index (χ2n) is 6.00. The lowest BCUT2D eigenvalue weighted by molar-refractivity contribution is -0.140. The van der Waals surface area contributed by atoms with Crippen LogP contribution in [0.3, 0.4) is 0 Å². The number of anilines is 1. The number of amides is 1. The van der Waals surface area contributed by atoms with Gasteiger partial charge in [0.1, 0.15) is 0 Å². The monoisotopic (exact) mass is 294 g/mol. The number of piperazine rings is 1. The molecule has 110 valence electrons. The van der Waals surface area contributed by atoms with E-state index in [2.05, 4.69) is 17.9 Å². The van der Waals surface area contributed by atoms with E-state index in [1.54, 1.807) is 0 Å². The summed E-state index contributed by atoms with van der Waals surface area (Å²) in [6, 6.07) is 7.90. The number of nitrogens with zero attached hydrogens (tertiary/aromatic N) is 2. The standard InChI is InChI=1S/C16H23ClN2O/c1-4-16(2,3)15(20)19-10-8-18(9-11-19)14-7-5-6-13(17)12-14/h5-7,12H,4,8-11H2,1-3H3. The van der Waals surface area contributed by atoms with E-state index < -0.39 is 0 Å². The molecule has 4 heteroatoms. The normalized spacial score (nSPS) is 16.4. The lowest BCUT2D eigenvalue weighted by atomic mass is 9.88. The van der Waals surface area contributed by atoms with Gasteiger partial charge in [-0.25, -0.2) is 0 Å². The Kier molecular flexibility index (Phi) is 4.59. The van der Waals surface area contributed by atoms with E-state index in [9.17, 15) is 4.79 Å². The molecule has 1 aliphatic heterocycles. The molecule has 1 aliphatic rings. The highest BCUT2D eigenvalue weighted by Crippen LogP contribution is 2.25. The first kappa shape index (κ1) is 15.2. The van der Waals surface area contributed by atoms with Crippen molar-refractivity contribution in [2.75, 3.05) is 31.1 Å². The summed E-state index contributed by atoms with van der Waals surface area (Å²) in [6.07, 6.45) is 0.875. The van der Waals surface area contributed by atoms with Crippen molar-refractivity contribution in [1.82, 2.24) is 4.90 Å². The number of carbonyl (C=O) groups excluding carboxylic acids is 1. The van der Waals surface area contributed by atoms with Gasteiger partial charge >= 0.3 is 0 Å². The Labute approximate surface area is 126 Å². The minimum absolute atomic E-state index is 0.252. The molecule has 1 saturated heterocycles. The summed E-state index contributed by atoms with van der Waals surface area (Å²) in [5.41, 5.74) is 0.887. The van der Waals surface area contributed by atoms with Crippen molar-refractivity contribution in [2.45, 2.75) is 27.2 Å². The number of hydrogen-bond donors (Lipinski definition) is 0. The van der Waals surface area contributed by atoms with E-state index in [-0.39, 0.29) is 11.3 Å². The fraction of sp³-hybridized carbons (Fsp3) is 0.562. The van der Waals surface area contributed by atoms with Crippen molar-refractivity contribution in [1.29, 1.82) is 0 Å².